The molecule has 9 N–H and O–H groups in total. The van der Waals surface area contributed by atoms with E-state index in [1.54, 1.807) is 24.3 Å². The minimum Gasteiger partial charge on any atom is -0.504 e. The lowest BCUT2D eigenvalue weighted by atomic mass is 9.85. The van der Waals surface area contributed by atoms with Crippen molar-refractivity contribution in [3.63, 3.8) is 0 Å². The van der Waals surface area contributed by atoms with Crippen LogP contribution in [0.1, 0.15) is 25.0 Å². The van der Waals surface area contributed by atoms with Crippen LogP contribution in [-0.4, -0.2) is 126 Å². The van der Waals surface area contributed by atoms with E-state index in [4.69, 9.17) is 23.7 Å². The van der Waals surface area contributed by atoms with E-state index in [2.05, 4.69) is 0 Å². The Balaban J connectivity index is 1.43. The van der Waals surface area contributed by atoms with Gasteiger partial charge in [0.2, 0.25) is 12.6 Å². The zero-order valence-electron chi connectivity index (χ0n) is 25.7. The summed E-state index contributed by atoms with van der Waals surface area (Å²) in [6, 6.07) is 9.55. The minimum atomic E-state index is -1.89. The first kappa shape index (κ1) is 36.1. The van der Waals surface area contributed by atoms with Gasteiger partial charge in [0.25, 0.3) is 0 Å². The van der Waals surface area contributed by atoms with E-state index < -0.39 is 73.4 Å². The number of aliphatic hydroxyl groups excluding tert-OH is 6. The van der Waals surface area contributed by atoms with Crippen LogP contribution in [0.25, 0.3) is 0 Å². The molecule has 16 heteroatoms. The molecule has 47 heavy (non-hydrogen) atoms. The maximum absolute atomic E-state index is 11.5. The van der Waals surface area contributed by atoms with Gasteiger partial charge in [0, 0.05) is 0 Å². The fraction of sp³-hybridized carbons (Fsp3) is 0.548. The highest BCUT2D eigenvalue weighted by Crippen LogP contribution is 2.35. The van der Waals surface area contributed by atoms with Gasteiger partial charge in [-0.2, -0.15) is 0 Å². The highest BCUT2D eigenvalue weighted by atomic mass is 16.7. The van der Waals surface area contributed by atoms with Gasteiger partial charge < -0.3 is 69.6 Å². The number of ether oxygens (including phenoxy) is 5. The van der Waals surface area contributed by atoms with Gasteiger partial charge in [-0.25, -0.2) is 9.59 Å². The van der Waals surface area contributed by atoms with Crippen molar-refractivity contribution in [3.8, 4) is 23.0 Å². The second-order valence-corrected chi connectivity index (χ2v) is 11.9. The number of rotatable bonds is 12. The molecule has 0 aromatic heterocycles. The lowest BCUT2D eigenvalue weighted by Crippen LogP contribution is -2.61. The molecule has 16 nitrogen and oxygen atoms in total. The van der Waals surface area contributed by atoms with Gasteiger partial charge in [-0.05, 0) is 60.1 Å². The third-order valence-electron chi connectivity index (χ3n) is 8.45. The Labute approximate surface area is 268 Å². The Morgan fingerprint density at radius 1 is 0.660 bits per heavy atom. The number of carbonyl (C=O) groups is 2. The Morgan fingerprint density at radius 3 is 1.53 bits per heavy atom. The lowest BCUT2D eigenvalue weighted by molar-refractivity contribution is -0.271. The van der Waals surface area contributed by atoms with Crippen molar-refractivity contribution in [1.82, 2.24) is 0 Å². The number of benzene rings is 2. The molecule has 3 unspecified atom stereocenters. The maximum atomic E-state index is 11.5. The van der Waals surface area contributed by atoms with Gasteiger partial charge in [-0.3, -0.25) is 0 Å². The number of hydrogen-bond donors (Lipinski definition) is 9. The number of carboxylic acid groups (broad SMARTS) is 2. The van der Waals surface area contributed by atoms with E-state index in [-0.39, 0.29) is 34.8 Å². The van der Waals surface area contributed by atoms with Crippen LogP contribution in [0.2, 0.25) is 0 Å². The first-order valence-electron chi connectivity index (χ1n) is 14.8. The van der Waals surface area contributed by atoms with Crippen molar-refractivity contribution in [1.29, 1.82) is 0 Å². The van der Waals surface area contributed by atoms with E-state index >= 15 is 0 Å². The van der Waals surface area contributed by atoms with Gasteiger partial charge in [0.15, 0.2) is 35.2 Å². The van der Waals surface area contributed by atoms with Crippen molar-refractivity contribution in [3.05, 3.63) is 47.5 Å². The molecule has 0 saturated carbocycles. The topological polar surface area (TPSA) is 262 Å². The summed E-state index contributed by atoms with van der Waals surface area (Å²) in [6.45, 7) is 3.99. The summed E-state index contributed by atoms with van der Waals surface area (Å²) < 4.78 is 27.0. The quantitative estimate of drug-likeness (QED) is 0.131. The molecule has 0 amide bonds. The zero-order chi connectivity index (χ0) is 34.7. The lowest BCUT2D eigenvalue weighted by Gasteiger charge is -2.38. The van der Waals surface area contributed by atoms with Crippen LogP contribution in [-0.2, 0) is 31.9 Å². The molecule has 12 atom stereocenters. The molecule has 260 valence electrons. The molecule has 2 aliphatic heterocycles. The van der Waals surface area contributed by atoms with Crippen LogP contribution in [0, 0.1) is 11.8 Å². The number of phenolic OH excluding ortho intramolecular Hbond substituents is 1. The van der Waals surface area contributed by atoms with E-state index in [9.17, 15) is 55.5 Å². The van der Waals surface area contributed by atoms with Crippen LogP contribution < -0.4 is 14.2 Å². The molecule has 2 fully saturated rings. The third kappa shape index (κ3) is 8.05. The normalized spacial score (nSPS) is 32.2. The number of methoxy groups -OCH3 is 1. The summed E-state index contributed by atoms with van der Waals surface area (Å²) in [5, 5.41) is 89.7. The standard InChI is InChI=1S/C31H40O16/c1-12(8-14-4-6-16(32)18(10-14)44-30-24(37)20(33)22(35)26(46-30)28(39)40)13(2)9-15-5-7-17(43-3)19(11-15)45-31-25(38)21(34)23(36)27(47-31)29(41)42/h4-7,10-13,20-27,30-38H,8-9H2,1-3H3,(H,39,40)(H,41,42)/t12?,13?,20-,21-,22-,23-,24+,25+,26-,27-,30?,31+/m0/s1. The number of carboxylic acids is 2. The predicted molar refractivity (Wildman–Crippen MR) is 157 cm³/mol. The Hall–Kier alpha value is -3.74. The zero-order valence-corrected chi connectivity index (χ0v) is 25.7. The molecule has 2 aromatic rings. The van der Waals surface area contributed by atoms with Crippen LogP contribution in [0.3, 0.4) is 0 Å². The molecular formula is C31H40O16. The number of hydrogen-bond acceptors (Lipinski definition) is 14. The first-order chi connectivity index (χ1) is 22.1. The van der Waals surface area contributed by atoms with E-state index in [1.165, 1.54) is 19.2 Å². The van der Waals surface area contributed by atoms with Crippen molar-refractivity contribution in [2.45, 2.75) is 88.1 Å². The van der Waals surface area contributed by atoms with Crippen LogP contribution >= 0.6 is 0 Å². The van der Waals surface area contributed by atoms with Crippen LogP contribution in [0.4, 0.5) is 0 Å². The SMILES string of the molecule is COc1ccc(CC(C)C(C)Cc2ccc(O)c(OC3O[C@H](C(=O)O)[C@@H](O)[C@H](O)[C@H]3O)c2)cc1O[C@@H]1O[C@H](C(=O)O)[C@@H](O)[C@H](O)[C@H]1O. The van der Waals surface area contributed by atoms with Gasteiger partial charge in [-0.1, -0.05) is 26.0 Å². The average molecular weight is 669 g/mol. The predicted octanol–water partition coefficient (Wildman–Crippen LogP) is -1.000. The molecule has 0 spiro atoms. The molecule has 0 bridgehead atoms. The molecule has 2 saturated heterocycles. The Bertz CT molecular complexity index is 1400. The van der Waals surface area contributed by atoms with Crippen molar-refractivity contribution < 1.29 is 79.2 Å². The highest BCUT2D eigenvalue weighted by molar-refractivity contribution is 5.74. The van der Waals surface area contributed by atoms with Gasteiger partial charge in [0.1, 0.15) is 36.6 Å². The summed E-state index contributed by atoms with van der Waals surface area (Å²) in [7, 11) is 1.38. The molecule has 0 aliphatic carbocycles. The largest absolute Gasteiger partial charge is 0.504 e. The second kappa shape index (κ2) is 15.0. The fourth-order valence-corrected chi connectivity index (χ4v) is 5.42. The molecule has 2 heterocycles. The van der Waals surface area contributed by atoms with Gasteiger partial charge in [0.05, 0.1) is 7.11 Å². The van der Waals surface area contributed by atoms with Crippen LogP contribution in [0.15, 0.2) is 36.4 Å². The molecule has 2 aliphatic rings. The maximum Gasteiger partial charge on any atom is 0.335 e. The number of phenols is 1. The van der Waals surface area contributed by atoms with E-state index in [0.717, 1.165) is 5.56 Å². The minimum absolute atomic E-state index is 0.0280. The Morgan fingerprint density at radius 2 is 1.09 bits per heavy atom. The van der Waals surface area contributed by atoms with Crippen molar-refractivity contribution in [2.75, 3.05) is 7.11 Å². The molecular weight excluding hydrogens is 628 g/mol. The summed E-state index contributed by atoms with van der Waals surface area (Å²) in [5.74, 6) is -3.15. The summed E-state index contributed by atoms with van der Waals surface area (Å²) in [5.41, 5.74) is 1.50. The van der Waals surface area contributed by atoms with Gasteiger partial charge in [-0.15, -0.1) is 0 Å². The fourth-order valence-electron chi connectivity index (χ4n) is 5.42. The summed E-state index contributed by atoms with van der Waals surface area (Å²) >= 11 is 0. The van der Waals surface area contributed by atoms with Crippen molar-refractivity contribution in [2.24, 2.45) is 11.8 Å². The second-order valence-electron chi connectivity index (χ2n) is 11.9. The first-order valence-corrected chi connectivity index (χ1v) is 14.8. The van der Waals surface area contributed by atoms with Gasteiger partial charge >= 0.3 is 11.9 Å². The van der Waals surface area contributed by atoms with E-state index in [0.29, 0.717) is 18.4 Å². The molecule has 4 rings (SSSR count). The number of aromatic hydroxyl groups is 1. The molecule has 0 radical (unpaired) electrons. The monoisotopic (exact) mass is 668 g/mol. The summed E-state index contributed by atoms with van der Waals surface area (Å²) in [4.78, 5) is 22.9. The molecule has 2 aromatic carbocycles. The number of aliphatic carboxylic acids is 2. The van der Waals surface area contributed by atoms with E-state index in [1.807, 2.05) is 13.8 Å². The third-order valence-corrected chi connectivity index (χ3v) is 8.45. The average Bonchev–Trinajstić information content (AvgIpc) is 3.02. The van der Waals surface area contributed by atoms with Crippen molar-refractivity contribution >= 4 is 11.9 Å². The summed E-state index contributed by atoms with van der Waals surface area (Å²) in [6.07, 6.45) is -17.0. The highest BCUT2D eigenvalue weighted by Gasteiger charge is 2.49. The number of aliphatic hydroxyl groups is 6. The smallest absolute Gasteiger partial charge is 0.335 e. The van der Waals surface area contributed by atoms with Crippen LogP contribution in [0.5, 0.6) is 23.0 Å². The Kier molecular flexibility index (Phi) is 11.5.